The van der Waals surface area contributed by atoms with Crippen molar-refractivity contribution in [3.05, 3.63) is 52.8 Å². The molecule has 15 heteroatoms. The Kier molecular flexibility index (Phi) is 7.05. The summed E-state index contributed by atoms with van der Waals surface area (Å²) >= 11 is 2.48. The number of hydrogen-bond acceptors (Lipinski definition) is 10. The third-order valence-electron chi connectivity index (χ3n) is 6.18. The molecule has 3 aromatic rings. The number of aliphatic hydroxyl groups is 1. The highest BCUT2D eigenvalue weighted by Crippen LogP contribution is 2.40. The SMILES string of the molecule is CO/N=C(\C(=O)N[C@@H]1C(=O)N2C(C(=O)O)=C(C[n+]3cc4ccccc4n3CCO)CS[C@H]12)c1csc(N)n1. The van der Waals surface area contributed by atoms with Crippen molar-refractivity contribution in [1.82, 2.24) is 19.9 Å². The van der Waals surface area contributed by atoms with Crippen LogP contribution in [0.25, 0.3) is 10.9 Å². The number of nitrogens with two attached hydrogens (primary N) is 1. The average molecular weight is 559 g/mol. The van der Waals surface area contributed by atoms with E-state index in [4.69, 9.17) is 10.6 Å². The van der Waals surface area contributed by atoms with E-state index in [0.29, 0.717) is 17.9 Å². The van der Waals surface area contributed by atoms with Crippen LogP contribution in [0.15, 0.2) is 52.3 Å². The highest BCUT2D eigenvalue weighted by molar-refractivity contribution is 8.00. The molecule has 0 unspecified atom stereocenters. The Hall–Kier alpha value is -3.95. The summed E-state index contributed by atoms with van der Waals surface area (Å²) in [5.41, 5.74) is 7.07. The highest BCUT2D eigenvalue weighted by Gasteiger charge is 2.55. The van der Waals surface area contributed by atoms with Crippen molar-refractivity contribution in [2.45, 2.75) is 24.5 Å². The van der Waals surface area contributed by atoms with E-state index >= 15 is 0 Å². The van der Waals surface area contributed by atoms with Crippen LogP contribution in [0.4, 0.5) is 5.13 Å². The summed E-state index contributed by atoms with van der Waals surface area (Å²) in [5.74, 6) is -2.13. The molecule has 0 radical (unpaired) electrons. The maximum Gasteiger partial charge on any atom is 0.352 e. The van der Waals surface area contributed by atoms with Gasteiger partial charge in [-0.25, -0.2) is 9.78 Å². The highest BCUT2D eigenvalue weighted by atomic mass is 32.2. The van der Waals surface area contributed by atoms with Crippen molar-refractivity contribution >= 4 is 62.6 Å². The molecule has 2 aliphatic heterocycles. The summed E-state index contributed by atoms with van der Waals surface area (Å²) in [6, 6.07) is 6.70. The van der Waals surface area contributed by atoms with Gasteiger partial charge in [0, 0.05) is 16.7 Å². The number of rotatable bonds is 9. The molecule has 0 spiro atoms. The second-order valence-corrected chi connectivity index (χ2v) is 10.4. The van der Waals surface area contributed by atoms with Crippen molar-refractivity contribution in [3.8, 4) is 0 Å². The van der Waals surface area contributed by atoms with Crippen molar-refractivity contribution in [2.75, 3.05) is 25.2 Å². The number of thioether (sulfide) groups is 1. The number of aliphatic hydroxyl groups excluding tert-OH is 1. The predicted octanol–water partition coefficient (Wildman–Crippen LogP) is -0.251. The Balaban J connectivity index is 1.39. The first-order valence-corrected chi connectivity index (χ1v) is 13.4. The molecular formula is C23H24N7O6S2+. The maximum absolute atomic E-state index is 13.1. The Bertz CT molecular complexity index is 1500. The van der Waals surface area contributed by atoms with Crippen LogP contribution in [-0.4, -0.2) is 79.2 Å². The molecule has 38 heavy (non-hydrogen) atoms. The Morgan fingerprint density at radius 1 is 1.37 bits per heavy atom. The molecule has 2 aromatic heterocycles. The smallest absolute Gasteiger partial charge is 0.352 e. The fraction of sp³-hybridized carbons (Fsp3) is 0.304. The van der Waals surface area contributed by atoms with E-state index in [2.05, 4.69) is 15.5 Å². The standard InChI is InChI=1S/C23H23N7O6S2/c1-36-27-16(14-11-38-23(24)25-14)19(32)26-17-20(33)30-18(22(34)35)13(10-37-21(17)30)9-28-8-12-4-2-3-5-15(12)29(28)6-7-31/h2-5,8,11,17,21,31H,6-7,9-10H2,1H3,(H3-,24,25,26,32,34,35)/p+1/b27-16-/t17-,21-/m1/s1. The number of carbonyl (C=O) groups is 3. The average Bonchev–Trinajstić information content (AvgIpc) is 3.48. The molecule has 1 saturated heterocycles. The third-order valence-corrected chi connectivity index (χ3v) is 8.19. The number of anilines is 1. The quantitative estimate of drug-likeness (QED) is 0.119. The molecule has 2 amide bonds. The summed E-state index contributed by atoms with van der Waals surface area (Å²) < 4.78 is 3.72. The van der Waals surface area contributed by atoms with E-state index in [1.807, 2.05) is 39.8 Å². The van der Waals surface area contributed by atoms with Gasteiger partial charge in [-0.1, -0.05) is 17.3 Å². The first kappa shape index (κ1) is 25.7. The number of carbonyl (C=O) groups excluding carboxylic acids is 2. The van der Waals surface area contributed by atoms with Crippen LogP contribution in [0, 0.1) is 0 Å². The minimum atomic E-state index is -1.23. The molecule has 2 aliphatic rings. The van der Waals surface area contributed by atoms with Crippen molar-refractivity contribution in [2.24, 2.45) is 5.16 Å². The van der Waals surface area contributed by atoms with E-state index in [1.54, 1.807) is 5.38 Å². The van der Waals surface area contributed by atoms with Crippen molar-refractivity contribution < 1.29 is 34.1 Å². The number of thiazole rings is 1. The number of hydrogen-bond donors (Lipinski definition) is 4. The van der Waals surface area contributed by atoms with Gasteiger partial charge in [0.05, 0.1) is 12.0 Å². The fourth-order valence-electron chi connectivity index (χ4n) is 4.58. The number of aliphatic carboxylic acids is 1. The summed E-state index contributed by atoms with van der Waals surface area (Å²) in [5, 5.41) is 28.1. The van der Waals surface area contributed by atoms with E-state index in [9.17, 15) is 24.6 Å². The molecule has 0 saturated carbocycles. The van der Waals surface area contributed by atoms with Gasteiger partial charge in [-0.05, 0) is 12.1 Å². The van der Waals surface area contributed by atoms with E-state index in [0.717, 1.165) is 22.2 Å². The normalized spacial score (nSPS) is 19.4. The minimum absolute atomic E-state index is 0.0891. The molecule has 4 heterocycles. The zero-order chi connectivity index (χ0) is 27.0. The topological polar surface area (TPSA) is 176 Å². The summed E-state index contributed by atoms with van der Waals surface area (Å²) in [6.45, 7) is 0.451. The first-order valence-electron chi connectivity index (χ1n) is 11.5. The Morgan fingerprint density at radius 2 is 2.16 bits per heavy atom. The van der Waals surface area contributed by atoms with Crippen LogP contribution in [0.1, 0.15) is 5.69 Å². The number of carboxylic acids is 1. The molecule has 2 atom stereocenters. The number of β-lactam (4-membered cyclic amide) rings is 1. The summed E-state index contributed by atoms with van der Waals surface area (Å²) in [6.07, 6.45) is 1.89. The zero-order valence-corrected chi connectivity index (χ0v) is 21.7. The molecule has 0 bridgehead atoms. The monoisotopic (exact) mass is 558 g/mol. The van der Waals surface area contributed by atoms with Crippen LogP contribution in [0.5, 0.6) is 0 Å². The van der Waals surface area contributed by atoms with Gasteiger partial charge in [-0.2, -0.15) is 4.68 Å². The minimum Gasteiger partial charge on any atom is -0.477 e. The van der Waals surface area contributed by atoms with Crippen LogP contribution in [0.3, 0.4) is 0 Å². The number of nitrogens with one attached hydrogen (secondary N) is 1. The number of para-hydroxylation sites is 1. The van der Waals surface area contributed by atoms with E-state index in [-0.39, 0.29) is 35.4 Å². The van der Waals surface area contributed by atoms with Gasteiger partial charge in [0.2, 0.25) is 6.20 Å². The lowest BCUT2D eigenvalue weighted by Crippen LogP contribution is -2.71. The molecule has 0 aliphatic carbocycles. The molecule has 1 fully saturated rings. The molecule has 198 valence electrons. The molecule has 5 N–H and O–H groups in total. The molecular weight excluding hydrogens is 534 g/mol. The lowest BCUT2D eigenvalue weighted by molar-refractivity contribution is -0.766. The van der Waals surface area contributed by atoms with Gasteiger partial charge >= 0.3 is 5.97 Å². The number of nitrogens with zero attached hydrogens (tertiary/aromatic N) is 5. The number of fused-ring (bicyclic) bond motifs is 2. The van der Waals surface area contributed by atoms with E-state index < -0.39 is 29.2 Å². The lowest BCUT2D eigenvalue weighted by atomic mass is 10.0. The third kappa shape index (κ3) is 4.48. The van der Waals surface area contributed by atoms with Gasteiger partial charge < -0.3 is 26.1 Å². The van der Waals surface area contributed by atoms with E-state index in [1.165, 1.54) is 23.8 Å². The number of oxime groups is 1. The molecule has 1 aromatic carbocycles. The fourth-order valence-corrected chi connectivity index (χ4v) is 6.46. The zero-order valence-electron chi connectivity index (χ0n) is 20.1. The number of carboxylic acid groups (broad SMARTS) is 1. The largest absolute Gasteiger partial charge is 0.477 e. The second kappa shape index (κ2) is 10.4. The van der Waals surface area contributed by atoms with Crippen molar-refractivity contribution in [1.29, 1.82) is 0 Å². The summed E-state index contributed by atoms with van der Waals surface area (Å²) in [4.78, 5) is 48.4. The van der Waals surface area contributed by atoms with Gasteiger partial charge in [0.15, 0.2) is 17.4 Å². The lowest BCUT2D eigenvalue weighted by Gasteiger charge is -2.49. The van der Waals surface area contributed by atoms with Gasteiger partial charge in [0.25, 0.3) is 11.8 Å². The van der Waals surface area contributed by atoms with Gasteiger partial charge in [-0.15, -0.1) is 27.8 Å². The van der Waals surface area contributed by atoms with Crippen LogP contribution >= 0.6 is 23.1 Å². The first-order chi connectivity index (χ1) is 18.3. The van der Waals surface area contributed by atoms with Crippen LogP contribution in [-0.2, 0) is 32.3 Å². The predicted molar refractivity (Wildman–Crippen MR) is 139 cm³/mol. The maximum atomic E-state index is 13.1. The Labute approximate surface area is 224 Å². The Morgan fingerprint density at radius 3 is 2.84 bits per heavy atom. The second-order valence-electron chi connectivity index (χ2n) is 8.44. The van der Waals surface area contributed by atoms with Crippen LogP contribution < -0.4 is 15.7 Å². The molecule has 13 nitrogen and oxygen atoms in total. The van der Waals surface area contributed by atoms with Gasteiger partial charge in [-0.3, -0.25) is 14.5 Å². The molecule has 5 rings (SSSR count). The number of benzene rings is 1. The van der Waals surface area contributed by atoms with Gasteiger partial charge in [0.1, 0.15) is 42.0 Å². The summed E-state index contributed by atoms with van der Waals surface area (Å²) in [7, 11) is 1.28. The van der Waals surface area contributed by atoms with Crippen molar-refractivity contribution in [3.63, 3.8) is 0 Å². The van der Waals surface area contributed by atoms with Crippen LogP contribution in [0.2, 0.25) is 0 Å². The number of nitrogen functional groups attached to an aromatic ring is 1. The number of aromatic nitrogens is 3. The number of amides is 2.